The third kappa shape index (κ3) is 4.64. The molecular weight excluding hydrogens is 379 g/mol. The Labute approximate surface area is 167 Å². The predicted octanol–water partition coefficient (Wildman–Crippen LogP) is 5.02. The molecule has 3 rings (SSSR count). The maximum atomic E-state index is 13.5. The number of nitrogens with zero attached hydrogens (tertiary/aromatic N) is 4. The number of hydrogen-bond acceptors (Lipinski definition) is 4. The summed E-state index contributed by atoms with van der Waals surface area (Å²) >= 11 is 0. The fourth-order valence-electron chi connectivity index (χ4n) is 3.08. The normalized spacial score (nSPS) is 15.8. The average molecular weight is 401 g/mol. The molecule has 0 aromatic heterocycles. The number of nitrogens with one attached hydrogen (secondary N) is 1. The Hall–Kier alpha value is -3.16. The van der Waals surface area contributed by atoms with Gasteiger partial charge in [-0.05, 0) is 43.7 Å². The number of aliphatic imine (C=N–C) groups is 1. The zero-order chi connectivity index (χ0) is 21.0. The number of benzene rings is 2. The monoisotopic (exact) mass is 401 g/mol. The molecule has 0 aliphatic carbocycles. The second-order valence-electron chi connectivity index (χ2n) is 6.49. The molecule has 2 aromatic carbocycles. The van der Waals surface area contributed by atoms with Gasteiger partial charge in [-0.25, -0.2) is 10.0 Å². The van der Waals surface area contributed by atoms with E-state index in [2.05, 4.69) is 15.0 Å². The third-order valence-electron chi connectivity index (χ3n) is 4.59. The molecule has 152 valence electrons. The zero-order valence-electron chi connectivity index (χ0n) is 16.2. The lowest BCUT2D eigenvalue weighted by Crippen LogP contribution is -2.33. The summed E-state index contributed by atoms with van der Waals surface area (Å²) in [6.07, 6.45) is -4.70. The van der Waals surface area contributed by atoms with Crippen LogP contribution in [0.3, 0.4) is 0 Å². The minimum atomic E-state index is -4.70. The van der Waals surface area contributed by atoms with E-state index >= 15 is 0 Å². The highest BCUT2D eigenvalue weighted by molar-refractivity contribution is 6.70. The number of amidine groups is 1. The van der Waals surface area contributed by atoms with Gasteiger partial charge in [0, 0.05) is 18.8 Å². The van der Waals surface area contributed by atoms with Gasteiger partial charge in [0.05, 0.1) is 12.2 Å². The number of halogens is 3. The molecule has 0 unspecified atom stereocenters. The van der Waals surface area contributed by atoms with Crippen molar-refractivity contribution in [3.63, 3.8) is 0 Å². The lowest BCUT2D eigenvalue weighted by molar-refractivity contribution is -0.0571. The van der Waals surface area contributed by atoms with E-state index < -0.39 is 17.6 Å². The van der Waals surface area contributed by atoms with E-state index in [4.69, 9.17) is 5.41 Å². The van der Waals surface area contributed by atoms with Crippen LogP contribution in [0.25, 0.3) is 0 Å². The van der Waals surface area contributed by atoms with Gasteiger partial charge in [0.25, 0.3) is 0 Å². The second kappa shape index (κ2) is 8.46. The summed E-state index contributed by atoms with van der Waals surface area (Å²) in [6.45, 7) is 5.79. The Kier molecular flexibility index (Phi) is 6.00. The fraction of sp³-hybridized carbons (Fsp3) is 0.286. The van der Waals surface area contributed by atoms with E-state index in [1.807, 2.05) is 32.0 Å². The Morgan fingerprint density at radius 1 is 1.00 bits per heavy atom. The molecule has 0 amide bonds. The van der Waals surface area contributed by atoms with E-state index in [9.17, 15) is 13.2 Å². The predicted molar refractivity (Wildman–Crippen MR) is 110 cm³/mol. The van der Waals surface area contributed by atoms with Crippen LogP contribution >= 0.6 is 0 Å². The van der Waals surface area contributed by atoms with Crippen LogP contribution in [0.5, 0.6) is 0 Å². The minimum absolute atomic E-state index is 0.0686. The van der Waals surface area contributed by atoms with E-state index in [0.717, 1.165) is 29.3 Å². The van der Waals surface area contributed by atoms with E-state index in [0.29, 0.717) is 5.69 Å². The molecule has 29 heavy (non-hydrogen) atoms. The Morgan fingerprint density at radius 3 is 2.17 bits per heavy atom. The maximum Gasteiger partial charge on any atom is 0.437 e. The first-order chi connectivity index (χ1) is 13.8. The minimum Gasteiger partial charge on any atom is -0.372 e. The molecule has 0 radical (unpaired) electrons. The lowest BCUT2D eigenvalue weighted by atomic mass is 10.2. The molecule has 8 heteroatoms. The molecule has 0 fully saturated rings. The van der Waals surface area contributed by atoms with Gasteiger partial charge in [0.2, 0.25) is 0 Å². The SMILES string of the molecule is CCN(CC)c1ccc(N=C2C(=N)N(Cc3ccccc3)N=C2C(F)(F)F)cc1. The highest BCUT2D eigenvalue weighted by Gasteiger charge is 2.46. The number of alkyl halides is 3. The molecule has 0 saturated carbocycles. The van der Waals surface area contributed by atoms with Gasteiger partial charge in [-0.15, -0.1) is 0 Å². The van der Waals surface area contributed by atoms with Crippen molar-refractivity contribution >= 4 is 28.6 Å². The van der Waals surface area contributed by atoms with Crippen LogP contribution < -0.4 is 4.90 Å². The second-order valence-corrected chi connectivity index (χ2v) is 6.49. The molecule has 1 heterocycles. The van der Waals surface area contributed by atoms with Crippen molar-refractivity contribution in [3.05, 3.63) is 60.2 Å². The van der Waals surface area contributed by atoms with Crippen molar-refractivity contribution in [2.45, 2.75) is 26.6 Å². The maximum absolute atomic E-state index is 13.5. The molecular formula is C21H22F3N5. The summed E-state index contributed by atoms with van der Waals surface area (Å²) in [4.78, 5) is 6.24. The molecule has 1 aliphatic rings. The van der Waals surface area contributed by atoms with Crippen LogP contribution in [0.4, 0.5) is 24.5 Å². The van der Waals surface area contributed by atoms with Crippen molar-refractivity contribution in [2.75, 3.05) is 18.0 Å². The molecule has 5 nitrogen and oxygen atoms in total. The third-order valence-corrected chi connectivity index (χ3v) is 4.59. The van der Waals surface area contributed by atoms with Gasteiger partial charge in [-0.3, -0.25) is 5.41 Å². The van der Waals surface area contributed by atoms with Gasteiger partial charge in [-0.2, -0.15) is 18.3 Å². The first kappa shape index (κ1) is 20.6. The first-order valence-electron chi connectivity index (χ1n) is 9.33. The summed E-state index contributed by atoms with van der Waals surface area (Å²) in [5.74, 6) is -0.367. The summed E-state index contributed by atoms with van der Waals surface area (Å²) < 4.78 is 40.6. The zero-order valence-corrected chi connectivity index (χ0v) is 16.2. The van der Waals surface area contributed by atoms with E-state index in [-0.39, 0.29) is 12.4 Å². The van der Waals surface area contributed by atoms with Gasteiger partial charge >= 0.3 is 6.18 Å². The van der Waals surface area contributed by atoms with Crippen LogP contribution in [0.1, 0.15) is 19.4 Å². The van der Waals surface area contributed by atoms with Gasteiger partial charge in [-0.1, -0.05) is 30.3 Å². The smallest absolute Gasteiger partial charge is 0.372 e. The van der Waals surface area contributed by atoms with Gasteiger partial charge in [0.15, 0.2) is 11.5 Å². The highest BCUT2D eigenvalue weighted by atomic mass is 19.4. The summed E-state index contributed by atoms with van der Waals surface area (Å²) in [5, 5.41) is 12.9. The first-order valence-corrected chi connectivity index (χ1v) is 9.33. The Bertz CT molecular complexity index is 914. The molecule has 1 aliphatic heterocycles. The summed E-state index contributed by atoms with van der Waals surface area (Å²) in [7, 11) is 0. The largest absolute Gasteiger partial charge is 0.437 e. The van der Waals surface area contributed by atoms with Crippen LogP contribution in [0.15, 0.2) is 64.7 Å². The number of hydrogen-bond donors (Lipinski definition) is 1. The Balaban J connectivity index is 1.90. The van der Waals surface area contributed by atoms with Gasteiger partial charge in [0.1, 0.15) is 5.71 Å². The number of hydrazone groups is 1. The molecule has 0 spiro atoms. The fourth-order valence-corrected chi connectivity index (χ4v) is 3.08. The quantitative estimate of drug-likeness (QED) is 0.739. The van der Waals surface area contributed by atoms with Gasteiger partial charge < -0.3 is 4.90 Å². The number of rotatable bonds is 6. The lowest BCUT2D eigenvalue weighted by Gasteiger charge is -2.20. The van der Waals surface area contributed by atoms with Crippen molar-refractivity contribution in [1.82, 2.24) is 5.01 Å². The van der Waals surface area contributed by atoms with Crippen LogP contribution in [0.2, 0.25) is 0 Å². The van der Waals surface area contributed by atoms with Crippen LogP contribution in [-0.4, -0.2) is 41.5 Å². The Morgan fingerprint density at radius 2 is 1.62 bits per heavy atom. The number of anilines is 1. The van der Waals surface area contributed by atoms with E-state index in [1.54, 1.807) is 36.4 Å². The van der Waals surface area contributed by atoms with Crippen molar-refractivity contribution in [3.8, 4) is 0 Å². The van der Waals surface area contributed by atoms with Crippen molar-refractivity contribution < 1.29 is 13.2 Å². The summed E-state index contributed by atoms with van der Waals surface area (Å²) in [6, 6.07) is 15.9. The van der Waals surface area contributed by atoms with Crippen LogP contribution in [-0.2, 0) is 6.54 Å². The molecule has 0 atom stereocenters. The topological polar surface area (TPSA) is 55.1 Å². The highest BCUT2D eigenvalue weighted by Crippen LogP contribution is 2.27. The molecule has 1 N–H and O–H groups in total. The average Bonchev–Trinajstić information content (AvgIpc) is 3.01. The van der Waals surface area contributed by atoms with Crippen molar-refractivity contribution in [2.24, 2.45) is 10.1 Å². The van der Waals surface area contributed by atoms with Crippen molar-refractivity contribution in [1.29, 1.82) is 5.41 Å². The van der Waals surface area contributed by atoms with E-state index in [1.165, 1.54) is 0 Å². The summed E-state index contributed by atoms with van der Waals surface area (Å²) in [5.41, 5.74) is 0.456. The molecule has 0 bridgehead atoms. The molecule has 2 aromatic rings. The molecule has 0 saturated heterocycles. The van der Waals surface area contributed by atoms with Crippen LogP contribution in [0, 0.1) is 5.41 Å². The standard InChI is InChI=1S/C21H22F3N5/c1-3-28(4-2)17-12-10-16(11-13-17)26-18-19(21(22,23)24)27-29(20(18)25)14-15-8-6-5-7-9-15/h5-13,25H,3-4,14H2,1-2H3.